The summed E-state index contributed by atoms with van der Waals surface area (Å²) < 4.78 is 144. The molecule has 0 bridgehead atoms. The molecule has 0 amide bonds. The quantitative estimate of drug-likeness (QED) is 0.342. The van der Waals surface area contributed by atoms with Crippen LogP contribution in [0.2, 0.25) is 0 Å². The van der Waals surface area contributed by atoms with Crippen molar-refractivity contribution in [2.24, 2.45) is 0 Å². The van der Waals surface area contributed by atoms with Crippen LogP contribution in [0.3, 0.4) is 0 Å². The van der Waals surface area contributed by atoms with Gasteiger partial charge in [-0.15, -0.1) is 0 Å². The topological polar surface area (TPSA) is 123 Å². The molecule has 0 spiro atoms. The van der Waals surface area contributed by atoms with Gasteiger partial charge >= 0.3 is 45.7 Å². The molecule has 0 aromatic heterocycles. The summed E-state index contributed by atoms with van der Waals surface area (Å²) in [4.78, 5) is 19.7. The van der Waals surface area contributed by atoms with Crippen molar-refractivity contribution in [1.82, 2.24) is 0 Å². The van der Waals surface area contributed by atoms with Gasteiger partial charge in [0.05, 0.1) is 0 Å². The summed E-state index contributed by atoms with van der Waals surface area (Å²) in [7, 11) is 0. The van der Waals surface area contributed by atoms with Gasteiger partial charge in [0.25, 0.3) is 11.6 Å². The Bertz CT molecular complexity index is 546. The molecule has 0 radical (unpaired) electrons. The first-order valence-corrected chi connectivity index (χ1v) is 6.03. The average Bonchev–Trinajstić information content (AvgIpc) is 2.45. The monoisotopic (exact) mass is 501 g/mol. The van der Waals surface area contributed by atoms with Gasteiger partial charge in [-0.2, -0.15) is 52.7 Å². The molecule has 0 aliphatic carbocycles. The van der Waals surface area contributed by atoms with Crippen LogP contribution in [0.1, 0.15) is 0 Å². The average molecular weight is 501 g/mol. The van der Waals surface area contributed by atoms with E-state index in [4.69, 9.17) is 13.9 Å². The predicted octanol–water partition coefficient (Wildman–Crippen LogP) is 3.30. The standard InChI is InChI=1S/2C5H2F6O2.H2O.O.V/c2*6-4(7,8)2(12)1-3(13)5(9,10)11;;;/h2*1,12H;1H2;;. The van der Waals surface area contributed by atoms with Crippen LogP contribution in [0.4, 0.5) is 52.7 Å². The van der Waals surface area contributed by atoms with Crippen LogP contribution in [-0.2, 0) is 30.6 Å². The maximum absolute atomic E-state index is 11.4. The summed E-state index contributed by atoms with van der Waals surface area (Å²) in [6, 6.07) is 0. The maximum atomic E-state index is 11.4. The molecule has 0 unspecified atom stereocenters. The summed E-state index contributed by atoms with van der Waals surface area (Å²) in [5.74, 6) is -10.7. The van der Waals surface area contributed by atoms with E-state index in [2.05, 4.69) is 0 Å². The van der Waals surface area contributed by atoms with Crippen LogP contribution in [-0.4, -0.2) is 52.0 Å². The number of carbonyl (C=O) groups is 2. The van der Waals surface area contributed by atoms with E-state index < -0.39 is 59.9 Å². The Balaban J connectivity index is -0.000000192. The van der Waals surface area contributed by atoms with Gasteiger partial charge in [-0.3, -0.25) is 9.59 Å². The molecular weight excluding hydrogens is 495 g/mol. The Hall–Kier alpha value is -2.08. The Morgan fingerprint density at radius 3 is 0.828 bits per heavy atom. The van der Waals surface area contributed by atoms with Crippen molar-refractivity contribution in [2.45, 2.75) is 24.7 Å². The number of hydrogen-bond acceptors (Lipinski definition) is 5. The fourth-order valence-corrected chi connectivity index (χ4v) is 0.576. The van der Waals surface area contributed by atoms with Crippen molar-refractivity contribution in [1.29, 1.82) is 0 Å². The summed E-state index contributed by atoms with van der Waals surface area (Å²) in [6.45, 7) is 0. The van der Waals surface area contributed by atoms with E-state index in [0.717, 1.165) is 17.4 Å². The number of rotatable bonds is 2. The number of hydrogen-bond donors (Lipinski definition) is 2. The molecule has 0 aromatic carbocycles. The van der Waals surface area contributed by atoms with Crippen LogP contribution < -0.4 is 0 Å². The molecule has 29 heavy (non-hydrogen) atoms. The van der Waals surface area contributed by atoms with Crippen LogP contribution in [0.15, 0.2) is 23.7 Å². The number of carbonyl (C=O) groups excluding carboxylic acids is 2. The van der Waals surface area contributed by atoms with Crippen molar-refractivity contribution in [2.75, 3.05) is 0 Å². The fraction of sp³-hybridized carbons (Fsp3) is 0.400. The fourth-order valence-electron chi connectivity index (χ4n) is 0.576. The molecule has 0 atom stereocenters. The molecule has 0 aliphatic heterocycles. The normalized spacial score (nSPS) is 13.1. The van der Waals surface area contributed by atoms with E-state index in [-0.39, 0.29) is 5.48 Å². The van der Waals surface area contributed by atoms with E-state index in [1.165, 1.54) is 0 Å². The molecule has 6 nitrogen and oxygen atoms in total. The third-order valence-electron chi connectivity index (χ3n) is 1.68. The van der Waals surface area contributed by atoms with Gasteiger partial charge in [-0.25, -0.2) is 0 Å². The molecule has 0 rings (SSSR count). The molecule has 0 aliphatic rings. The summed E-state index contributed by atoms with van der Waals surface area (Å²) in [5, 5.41) is 15.9. The second-order valence-electron chi connectivity index (χ2n) is 3.78. The number of aliphatic hydroxyl groups excluding tert-OH is 2. The van der Waals surface area contributed by atoms with Crippen molar-refractivity contribution in [3.8, 4) is 0 Å². The van der Waals surface area contributed by atoms with E-state index >= 15 is 0 Å². The van der Waals surface area contributed by atoms with Crippen LogP contribution in [0.5, 0.6) is 0 Å². The minimum atomic E-state index is -5.42. The van der Waals surface area contributed by atoms with E-state index in [9.17, 15) is 62.3 Å². The van der Waals surface area contributed by atoms with Crippen molar-refractivity contribution in [3.05, 3.63) is 23.7 Å². The third kappa shape index (κ3) is 16.6. The van der Waals surface area contributed by atoms with E-state index in [1.807, 2.05) is 0 Å². The van der Waals surface area contributed by atoms with Crippen LogP contribution in [0, 0.1) is 0 Å². The van der Waals surface area contributed by atoms with E-state index in [0.29, 0.717) is 0 Å². The van der Waals surface area contributed by atoms with Gasteiger partial charge in [-0.1, -0.05) is 0 Å². The molecule has 0 aromatic rings. The summed E-state index contributed by atoms with van der Waals surface area (Å²) in [6.07, 6.45) is -23.4. The van der Waals surface area contributed by atoms with Gasteiger partial charge in [0, 0.05) is 12.2 Å². The Morgan fingerprint density at radius 1 is 0.552 bits per heavy atom. The minimum absolute atomic E-state index is 0. The number of halogens is 12. The van der Waals surface area contributed by atoms with Crippen LogP contribution >= 0.6 is 0 Å². The van der Waals surface area contributed by atoms with Crippen molar-refractivity contribution < 1.29 is 99.0 Å². The van der Waals surface area contributed by atoms with Crippen molar-refractivity contribution >= 4 is 11.6 Å². The molecule has 0 heterocycles. The number of allylic oxidation sites excluding steroid dienone is 4. The Labute approximate surface area is 160 Å². The predicted molar refractivity (Wildman–Crippen MR) is 60.0 cm³/mol. The molecule has 171 valence electrons. The second-order valence-corrected chi connectivity index (χ2v) is 3.78. The van der Waals surface area contributed by atoms with Gasteiger partial charge < -0.3 is 15.7 Å². The first kappa shape index (κ1) is 34.4. The van der Waals surface area contributed by atoms with E-state index in [1.54, 1.807) is 0 Å². The molecular formula is C10H6F12O6V. The van der Waals surface area contributed by atoms with Gasteiger partial charge in [0.1, 0.15) is 0 Å². The Morgan fingerprint density at radius 2 is 0.724 bits per heavy atom. The molecule has 19 heteroatoms. The first-order valence-electron chi connectivity index (χ1n) is 5.46. The number of alkyl halides is 12. The molecule has 4 N–H and O–H groups in total. The first-order chi connectivity index (χ1) is 12.1. The zero-order valence-corrected chi connectivity index (χ0v) is 14.2. The number of aliphatic hydroxyl groups is 2. The third-order valence-corrected chi connectivity index (χ3v) is 1.68. The summed E-state index contributed by atoms with van der Waals surface area (Å²) in [5.41, 5.74) is 0. The molecule has 0 saturated heterocycles. The number of ketones is 2. The van der Waals surface area contributed by atoms with Gasteiger partial charge in [-0.05, 0) is 0 Å². The second kappa shape index (κ2) is 12.5. The van der Waals surface area contributed by atoms with Gasteiger partial charge in [0.15, 0.2) is 0 Å². The Kier molecular flexibility index (Phi) is 14.8. The van der Waals surface area contributed by atoms with Crippen molar-refractivity contribution in [3.63, 3.8) is 0 Å². The zero-order valence-electron chi connectivity index (χ0n) is 12.8. The molecule has 0 fully saturated rings. The zero-order chi connectivity index (χ0) is 23.7. The van der Waals surface area contributed by atoms with Gasteiger partial charge in [0.2, 0.25) is 11.5 Å². The molecule has 0 saturated carbocycles. The van der Waals surface area contributed by atoms with Crippen LogP contribution in [0.25, 0.3) is 0 Å². The SMILES string of the molecule is O.O=C(C=C(O)C(F)(F)F)C(F)(F)F.O=C(C=C(O)C(F)(F)F)C(F)(F)F.[O]=[V]. The summed E-state index contributed by atoms with van der Waals surface area (Å²) >= 11 is 1.06.